The molecule has 4 heterocycles. The Labute approximate surface area is 249 Å². The molecule has 0 fully saturated rings. The van der Waals surface area contributed by atoms with Crippen LogP contribution in [0.2, 0.25) is 0 Å². The number of para-hydroxylation sites is 5. The molecule has 200 valence electrons. The number of hydrogen-bond acceptors (Lipinski definition) is 1. The van der Waals surface area contributed by atoms with Crippen molar-refractivity contribution < 1.29 is 0 Å². The molecule has 0 saturated heterocycles. The molecule has 2 bridgehead atoms. The van der Waals surface area contributed by atoms with E-state index in [1.807, 2.05) is 0 Å². The van der Waals surface area contributed by atoms with E-state index < -0.39 is 0 Å². The predicted molar refractivity (Wildman–Crippen MR) is 182 cm³/mol. The van der Waals surface area contributed by atoms with E-state index in [1.54, 1.807) is 0 Å². The number of benzene rings is 6. The van der Waals surface area contributed by atoms with Crippen molar-refractivity contribution in [3.8, 4) is 22.5 Å². The molecule has 2 aliphatic heterocycles. The first-order valence-electron chi connectivity index (χ1n) is 15.0. The zero-order valence-corrected chi connectivity index (χ0v) is 23.7. The van der Waals surface area contributed by atoms with Crippen molar-refractivity contribution in [2.24, 2.45) is 0 Å². The number of hydrogen-bond donors (Lipinski definition) is 0. The summed E-state index contributed by atoms with van der Waals surface area (Å²) in [5.41, 5.74) is 14.0. The van der Waals surface area contributed by atoms with E-state index in [9.17, 15) is 0 Å². The molecule has 2 aliphatic rings. The normalized spacial score (nSPS) is 13.1. The van der Waals surface area contributed by atoms with E-state index in [0.29, 0.717) is 0 Å². The van der Waals surface area contributed by atoms with E-state index in [1.165, 1.54) is 83.1 Å². The minimum atomic E-state index is 0.0529. The minimum absolute atomic E-state index is 0.0529. The SMILES string of the molecule is CN1c2ccccc2-c2cc3c4c(c2)c2ccccc2n4-c2ccccc2B3c2c1n(-c1ccccc1)c1ccccc21. The third-order valence-electron chi connectivity index (χ3n) is 9.68. The summed E-state index contributed by atoms with van der Waals surface area (Å²) in [4.78, 5) is 2.43. The summed E-state index contributed by atoms with van der Waals surface area (Å²) in [7, 11) is 2.24. The molecular formula is C39H26BN3. The molecule has 43 heavy (non-hydrogen) atoms. The molecule has 0 spiro atoms. The molecule has 2 aromatic heterocycles. The number of fused-ring (bicyclic) bond motifs is 13. The predicted octanol–water partition coefficient (Wildman–Crippen LogP) is 7.31. The largest absolute Gasteiger partial charge is 0.330 e. The van der Waals surface area contributed by atoms with Crippen LogP contribution in [0, 0.1) is 0 Å². The van der Waals surface area contributed by atoms with Crippen LogP contribution >= 0.6 is 0 Å². The van der Waals surface area contributed by atoms with Gasteiger partial charge in [0.05, 0.1) is 11.0 Å². The van der Waals surface area contributed by atoms with Crippen molar-refractivity contribution >= 4 is 67.3 Å². The molecular weight excluding hydrogens is 521 g/mol. The first-order chi connectivity index (χ1) is 21.3. The quantitative estimate of drug-likeness (QED) is 0.197. The molecule has 0 N–H and O–H groups in total. The van der Waals surface area contributed by atoms with E-state index in [2.05, 4.69) is 161 Å². The molecule has 8 aromatic rings. The Morgan fingerprint density at radius 3 is 2.00 bits per heavy atom. The Kier molecular flexibility index (Phi) is 4.46. The van der Waals surface area contributed by atoms with Crippen molar-refractivity contribution in [1.29, 1.82) is 0 Å². The number of rotatable bonds is 1. The van der Waals surface area contributed by atoms with E-state index in [0.717, 1.165) is 0 Å². The maximum atomic E-state index is 2.51. The topological polar surface area (TPSA) is 13.1 Å². The highest BCUT2D eigenvalue weighted by Crippen LogP contribution is 2.42. The van der Waals surface area contributed by atoms with Crippen molar-refractivity contribution in [2.45, 2.75) is 0 Å². The standard InChI is InChI=1S/C39H26BN3/c1-41-33-19-9-5-15-27(33)25-23-30-28-16-6-10-20-34(28)43-36-22-12-8-18-31(36)40(32(24-25)38(30)43)37-29-17-7-11-21-35(29)42(39(37)41)26-13-3-2-4-14-26/h2-24H,1H3. The molecule has 4 heteroatoms. The summed E-state index contributed by atoms with van der Waals surface area (Å²) in [6, 6.07) is 51.5. The second-order valence-corrected chi connectivity index (χ2v) is 11.8. The summed E-state index contributed by atoms with van der Waals surface area (Å²) in [6.07, 6.45) is 0. The smallest absolute Gasteiger partial charge is 0.252 e. The lowest BCUT2D eigenvalue weighted by Crippen LogP contribution is -2.56. The summed E-state index contributed by atoms with van der Waals surface area (Å²) in [5.74, 6) is 1.21. The first-order valence-corrected chi connectivity index (χ1v) is 15.0. The van der Waals surface area contributed by atoms with Gasteiger partial charge >= 0.3 is 0 Å². The van der Waals surface area contributed by atoms with Gasteiger partial charge < -0.3 is 9.47 Å². The summed E-state index contributed by atoms with van der Waals surface area (Å²) >= 11 is 0. The van der Waals surface area contributed by atoms with Crippen LogP contribution in [0.1, 0.15) is 0 Å². The van der Waals surface area contributed by atoms with Crippen LogP contribution in [-0.4, -0.2) is 22.9 Å². The van der Waals surface area contributed by atoms with Gasteiger partial charge in [-0.05, 0) is 69.8 Å². The Bertz CT molecular complexity index is 2430. The summed E-state index contributed by atoms with van der Waals surface area (Å²) in [6.45, 7) is 0.0529. The lowest BCUT2D eigenvalue weighted by Gasteiger charge is -2.29. The van der Waals surface area contributed by atoms with Gasteiger partial charge in [-0.3, -0.25) is 4.57 Å². The molecule has 0 unspecified atom stereocenters. The van der Waals surface area contributed by atoms with Crippen LogP contribution in [0.3, 0.4) is 0 Å². The van der Waals surface area contributed by atoms with Crippen LogP contribution in [0.25, 0.3) is 55.2 Å². The van der Waals surface area contributed by atoms with Crippen molar-refractivity contribution in [3.63, 3.8) is 0 Å². The Morgan fingerprint density at radius 2 is 1.16 bits per heavy atom. The van der Waals surface area contributed by atoms with Crippen LogP contribution in [0.5, 0.6) is 0 Å². The first kappa shape index (κ1) is 23.1. The average molecular weight is 547 g/mol. The third kappa shape index (κ3) is 2.90. The second kappa shape index (κ2) is 8.30. The zero-order chi connectivity index (χ0) is 28.2. The van der Waals surface area contributed by atoms with Crippen LogP contribution in [-0.2, 0) is 0 Å². The number of aromatic nitrogens is 2. The molecule has 0 aliphatic carbocycles. The van der Waals surface area contributed by atoms with Crippen molar-refractivity contribution in [1.82, 2.24) is 9.13 Å². The van der Waals surface area contributed by atoms with Gasteiger partial charge in [0.15, 0.2) is 0 Å². The van der Waals surface area contributed by atoms with Gasteiger partial charge in [-0.15, -0.1) is 0 Å². The average Bonchev–Trinajstić information content (AvgIpc) is 3.59. The molecule has 0 radical (unpaired) electrons. The van der Waals surface area contributed by atoms with Crippen molar-refractivity contribution in [2.75, 3.05) is 11.9 Å². The Balaban J connectivity index is 1.49. The maximum absolute atomic E-state index is 2.51. The minimum Gasteiger partial charge on any atom is -0.330 e. The molecule has 0 amide bonds. The fraction of sp³-hybridized carbons (Fsp3) is 0.0256. The molecule has 10 rings (SSSR count). The molecule has 3 nitrogen and oxygen atoms in total. The van der Waals surface area contributed by atoms with Crippen LogP contribution in [0.15, 0.2) is 140 Å². The third-order valence-corrected chi connectivity index (χ3v) is 9.68. The highest BCUT2D eigenvalue weighted by atomic mass is 15.2. The number of anilines is 2. The zero-order valence-electron chi connectivity index (χ0n) is 23.7. The Morgan fingerprint density at radius 1 is 0.512 bits per heavy atom. The highest BCUT2D eigenvalue weighted by molar-refractivity contribution is 7.00. The lowest BCUT2D eigenvalue weighted by atomic mass is 9.35. The van der Waals surface area contributed by atoms with Gasteiger partial charge in [0.1, 0.15) is 5.82 Å². The van der Waals surface area contributed by atoms with Gasteiger partial charge in [0.25, 0.3) is 6.71 Å². The van der Waals surface area contributed by atoms with Gasteiger partial charge in [-0.1, -0.05) is 97.1 Å². The summed E-state index contributed by atoms with van der Waals surface area (Å²) in [5, 5.41) is 3.90. The molecule has 6 aromatic carbocycles. The summed E-state index contributed by atoms with van der Waals surface area (Å²) < 4.78 is 4.98. The second-order valence-electron chi connectivity index (χ2n) is 11.8. The van der Waals surface area contributed by atoms with E-state index >= 15 is 0 Å². The van der Waals surface area contributed by atoms with Crippen molar-refractivity contribution in [3.05, 3.63) is 140 Å². The maximum Gasteiger partial charge on any atom is 0.252 e. The van der Waals surface area contributed by atoms with E-state index in [4.69, 9.17) is 0 Å². The Hall–Kier alpha value is -5.48. The van der Waals surface area contributed by atoms with Gasteiger partial charge in [-0.2, -0.15) is 0 Å². The van der Waals surface area contributed by atoms with Gasteiger partial charge in [-0.25, -0.2) is 0 Å². The molecule has 0 saturated carbocycles. The fourth-order valence-corrected chi connectivity index (χ4v) is 8.00. The highest BCUT2D eigenvalue weighted by Gasteiger charge is 2.40. The van der Waals surface area contributed by atoms with Crippen LogP contribution < -0.4 is 21.3 Å². The lowest BCUT2D eigenvalue weighted by molar-refractivity contribution is 1.05. The van der Waals surface area contributed by atoms with Gasteiger partial charge in [0, 0.05) is 46.0 Å². The van der Waals surface area contributed by atoms with Gasteiger partial charge in [0.2, 0.25) is 0 Å². The van der Waals surface area contributed by atoms with Crippen LogP contribution in [0.4, 0.5) is 11.5 Å². The van der Waals surface area contributed by atoms with E-state index in [-0.39, 0.29) is 6.71 Å². The fourth-order valence-electron chi connectivity index (χ4n) is 8.00. The molecule has 0 atom stereocenters. The number of nitrogens with zero attached hydrogens (tertiary/aromatic N) is 3. The monoisotopic (exact) mass is 547 g/mol.